The summed E-state index contributed by atoms with van der Waals surface area (Å²) in [6, 6.07) is 18.1. The zero-order chi connectivity index (χ0) is 15.8. The van der Waals surface area contributed by atoms with Crippen LogP contribution in [0.5, 0.6) is 5.75 Å². The minimum absolute atomic E-state index is 0.0543. The van der Waals surface area contributed by atoms with Crippen molar-refractivity contribution in [2.24, 2.45) is 0 Å². The second-order valence-electron chi connectivity index (χ2n) is 5.59. The van der Waals surface area contributed by atoms with E-state index in [0.29, 0.717) is 0 Å². The fraction of sp³-hybridized carbons (Fsp3) is 0.316. The second-order valence-corrected chi connectivity index (χ2v) is 5.59. The molecular formula is C19H23NO2. The van der Waals surface area contributed by atoms with Gasteiger partial charge in [-0.05, 0) is 44.4 Å². The van der Waals surface area contributed by atoms with Crippen LogP contribution in [0.25, 0.3) is 0 Å². The van der Waals surface area contributed by atoms with Gasteiger partial charge in [-0.15, -0.1) is 0 Å². The summed E-state index contributed by atoms with van der Waals surface area (Å²) in [5, 5.41) is 2.97. The van der Waals surface area contributed by atoms with Crippen molar-refractivity contribution in [2.75, 3.05) is 6.61 Å². The van der Waals surface area contributed by atoms with Gasteiger partial charge in [0.1, 0.15) is 5.75 Å². The number of aryl methyl sites for hydroxylation is 2. The Morgan fingerprint density at radius 2 is 1.77 bits per heavy atom. The summed E-state index contributed by atoms with van der Waals surface area (Å²) in [5.74, 6) is 0.638. The second kappa shape index (κ2) is 8.23. The predicted molar refractivity (Wildman–Crippen MR) is 89.0 cm³/mol. The Bertz CT molecular complexity index is 578. The lowest BCUT2D eigenvalue weighted by Gasteiger charge is -2.14. The van der Waals surface area contributed by atoms with Gasteiger partial charge in [0.15, 0.2) is 6.61 Å². The van der Waals surface area contributed by atoms with E-state index in [1.165, 1.54) is 11.1 Å². The monoisotopic (exact) mass is 297 g/mol. The maximum absolute atomic E-state index is 11.9. The molecule has 1 atom stereocenters. The molecule has 116 valence electrons. The molecule has 0 heterocycles. The van der Waals surface area contributed by atoms with E-state index in [9.17, 15) is 4.79 Å². The van der Waals surface area contributed by atoms with Crippen LogP contribution in [0.2, 0.25) is 0 Å². The molecule has 0 aliphatic heterocycles. The highest BCUT2D eigenvalue weighted by atomic mass is 16.5. The van der Waals surface area contributed by atoms with E-state index in [0.717, 1.165) is 18.6 Å². The molecule has 0 spiro atoms. The van der Waals surface area contributed by atoms with Crippen LogP contribution in [0, 0.1) is 6.92 Å². The van der Waals surface area contributed by atoms with Crippen molar-refractivity contribution in [3.63, 3.8) is 0 Å². The molecule has 3 nitrogen and oxygen atoms in total. The van der Waals surface area contributed by atoms with Crippen LogP contribution in [0.4, 0.5) is 0 Å². The number of carbonyl (C=O) groups is 1. The number of amides is 1. The summed E-state index contributed by atoms with van der Waals surface area (Å²) in [6.07, 6.45) is 1.88. The SMILES string of the molecule is Cc1ccc(OCC(=O)N[C@@H](C)CCc2ccccc2)cc1. The van der Waals surface area contributed by atoms with Crippen LogP contribution in [0.1, 0.15) is 24.5 Å². The molecule has 1 amide bonds. The lowest BCUT2D eigenvalue weighted by molar-refractivity contribution is -0.123. The van der Waals surface area contributed by atoms with E-state index in [1.54, 1.807) is 0 Å². The molecule has 1 N–H and O–H groups in total. The highest BCUT2D eigenvalue weighted by Crippen LogP contribution is 2.11. The molecule has 0 unspecified atom stereocenters. The zero-order valence-electron chi connectivity index (χ0n) is 13.2. The molecule has 2 aromatic rings. The number of benzene rings is 2. The van der Waals surface area contributed by atoms with E-state index in [4.69, 9.17) is 4.74 Å². The first kappa shape index (κ1) is 16.1. The van der Waals surface area contributed by atoms with Gasteiger partial charge >= 0.3 is 0 Å². The molecule has 0 fully saturated rings. The number of hydrogen-bond donors (Lipinski definition) is 1. The molecule has 0 saturated heterocycles. The average molecular weight is 297 g/mol. The van der Waals surface area contributed by atoms with Crippen LogP contribution >= 0.6 is 0 Å². The van der Waals surface area contributed by atoms with E-state index in [2.05, 4.69) is 17.4 Å². The molecule has 3 heteroatoms. The van der Waals surface area contributed by atoms with Gasteiger partial charge in [0.05, 0.1) is 0 Å². The minimum Gasteiger partial charge on any atom is -0.484 e. The molecule has 2 aromatic carbocycles. The molecule has 0 radical (unpaired) electrons. The normalized spacial score (nSPS) is 11.7. The van der Waals surface area contributed by atoms with Gasteiger partial charge in [-0.1, -0.05) is 48.0 Å². The molecule has 22 heavy (non-hydrogen) atoms. The van der Waals surface area contributed by atoms with E-state index in [-0.39, 0.29) is 18.6 Å². The summed E-state index contributed by atoms with van der Waals surface area (Å²) >= 11 is 0. The van der Waals surface area contributed by atoms with Crippen molar-refractivity contribution in [3.8, 4) is 5.75 Å². The summed E-state index contributed by atoms with van der Waals surface area (Å²) in [6.45, 7) is 4.09. The highest BCUT2D eigenvalue weighted by molar-refractivity contribution is 5.77. The van der Waals surface area contributed by atoms with E-state index < -0.39 is 0 Å². The van der Waals surface area contributed by atoms with Crippen molar-refractivity contribution >= 4 is 5.91 Å². The quantitative estimate of drug-likeness (QED) is 0.849. The van der Waals surface area contributed by atoms with Crippen LogP contribution in [-0.4, -0.2) is 18.6 Å². The highest BCUT2D eigenvalue weighted by Gasteiger charge is 2.08. The number of carbonyl (C=O) groups excluding carboxylic acids is 1. The van der Waals surface area contributed by atoms with Crippen LogP contribution in [0.3, 0.4) is 0 Å². The molecule has 0 saturated carbocycles. The minimum atomic E-state index is -0.0823. The molecule has 0 aliphatic carbocycles. The summed E-state index contributed by atoms with van der Waals surface area (Å²) in [7, 11) is 0. The Kier molecular flexibility index (Phi) is 6.01. The lowest BCUT2D eigenvalue weighted by atomic mass is 10.1. The molecule has 2 rings (SSSR count). The average Bonchev–Trinajstić information content (AvgIpc) is 2.53. The van der Waals surface area contributed by atoms with Crippen molar-refractivity contribution < 1.29 is 9.53 Å². The van der Waals surface area contributed by atoms with Gasteiger partial charge in [0.25, 0.3) is 5.91 Å². The van der Waals surface area contributed by atoms with Gasteiger partial charge < -0.3 is 10.1 Å². The Morgan fingerprint density at radius 1 is 1.09 bits per heavy atom. The third kappa shape index (κ3) is 5.60. The number of rotatable bonds is 7. The maximum Gasteiger partial charge on any atom is 0.258 e. The van der Waals surface area contributed by atoms with Crippen molar-refractivity contribution in [2.45, 2.75) is 32.7 Å². The number of nitrogens with one attached hydrogen (secondary N) is 1. The first-order valence-corrected chi connectivity index (χ1v) is 7.66. The van der Waals surface area contributed by atoms with E-state index in [1.807, 2.05) is 56.3 Å². The largest absolute Gasteiger partial charge is 0.484 e. The summed E-state index contributed by atoms with van der Waals surface area (Å²) < 4.78 is 5.47. The van der Waals surface area contributed by atoms with Crippen LogP contribution in [0.15, 0.2) is 54.6 Å². The van der Waals surface area contributed by atoms with Crippen molar-refractivity contribution in [1.29, 1.82) is 0 Å². The fourth-order valence-electron chi connectivity index (χ4n) is 2.20. The van der Waals surface area contributed by atoms with Gasteiger partial charge in [-0.2, -0.15) is 0 Å². The van der Waals surface area contributed by atoms with Crippen LogP contribution < -0.4 is 10.1 Å². The summed E-state index contributed by atoms with van der Waals surface area (Å²) in [4.78, 5) is 11.9. The standard InChI is InChI=1S/C19H23NO2/c1-15-8-12-18(13-9-15)22-14-19(21)20-16(2)10-11-17-6-4-3-5-7-17/h3-9,12-13,16H,10-11,14H2,1-2H3,(H,20,21)/t16-/m0/s1. The zero-order valence-corrected chi connectivity index (χ0v) is 13.2. The van der Waals surface area contributed by atoms with Gasteiger partial charge in [0.2, 0.25) is 0 Å². The smallest absolute Gasteiger partial charge is 0.258 e. The molecule has 0 bridgehead atoms. The molecular weight excluding hydrogens is 274 g/mol. The number of ether oxygens (including phenoxy) is 1. The predicted octanol–water partition coefficient (Wildman–Crippen LogP) is 3.51. The third-order valence-electron chi connectivity index (χ3n) is 3.51. The maximum atomic E-state index is 11.9. The van der Waals surface area contributed by atoms with Gasteiger partial charge in [-0.3, -0.25) is 4.79 Å². The Balaban J connectivity index is 1.68. The summed E-state index contributed by atoms with van der Waals surface area (Å²) in [5.41, 5.74) is 2.46. The fourth-order valence-corrected chi connectivity index (χ4v) is 2.20. The Morgan fingerprint density at radius 3 is 2.45 bits per heavy atom. The Hall–Kier alpha value is -2.29. The van der Waals surface area contributed by atoms with Crippen molar-refractivity contribution in [3.05, 3.63) is 65.7 Å². The molecule has 0 aliphatic rings. The molecule has 0 aromatic heterocycles. The van der Waals surface area contributed by atoms with Gasteiger partial charge in [-0.25, -0.2) is 0 Å². The van der Waals surface area contributed by atoms with Crippen LogP contribution in [-0.2, 0) is 11.2 Å². The number of hydrogen-bond acceptors (Lipinski definition) is 2. The first-order chi connectivity index (χ1) is 10.6. The lowest BCUT2D eigenvalue weighted by Crippen LogP contribution is -2.36. The third-order valence-corrected chi connectivity index (χ3v) is 3.51. The first-order valence-electron chi connectivity index (χ1n) is 7.66. The van der Waals surface area contributed by atoms with E-state index >= 15 is 0 Å². The van der Waals surface area contributed by atoms with Crippen molar-refractivity contribution in [1.82, 2.24) is 5.32 Å². The topological polar surface area (TPSA) is 38.3 Å². The van der Waals surface area contributed by atoms with Gasteiger partial charge in [0, 0.05) is 6.04 Å². The Labute approximate surface area is 132 Å².